The van der Waals surface area contributed by atoms with Crippen molar-refractivity contribution in [1.82, 2.24) is 0 Å². The van der Waals surface area contributed by atoms with Gasteiger partial charge in [-0.3, -0.25) is 9.59 Å². The zero-order valence-corrected chi connectivity index (χ0v) is 21.7. The van der Waals surface area contributed by atoms with Gasteiger partial charge in [0.15, 0.2) is 30.5 Å². The maximum Gasteiger partial charge on any atom is 0.344 e. The molecule has 37 heavy (non-hydrogen) atoms. The molecule has 1 heterocycles. The molecule has 8 heteroatoms. The number of carbonyl (C=O) groups excluding carboxylic acids is 3. The van der Waals surface area contributed by atoms with Gasteiger partial charge >= 0.3 is 5.97 Å². The van der Waals surface area contributed by atoms with Crippen molar-refractivity contribution in [3.8, 4) is 0 Å². The first-order chi connectivity index (χ1) is 17.3. The van der Waals surface area contributed by atoms with E-state index < -0.39 is 58.4 Å². The molecule has 0 aromatic carbocycles. The number of hydrogen-bond acceptors (Lipinski definition) is 6. The summed E-state index contributed by atoms with van der Waals surface area (Å²) in [6, 6.07) is 3.26. The van der Waals surface area contributed by atoms with Crippen LogP contribution in [0.15, 0.2) is 48.3 Å². The molecule has 3 unspecified atom stereocenters. The highest BCUT2D eigenvalue weighted by Crippen LogP contribution is 2.70. The van der Waals surface area contributed by atoms with Crippen LogP contribution in [0.2, 0.25) is 0 Å². The summed E-state index contributed by atoms with van der Waals surface area (Å²) in [6.07, 6.45) is 7.52. The van der Waals surface area contributed by atoms with Gasteiger partial charge in [0.2, 0.25) is 5.78 Å². The average molecular weight is 513 g/mol. The topological polar surface area (TPSA) is 105 Å². The van der Waals surface area contributed by atoms with Crippen LogP contribution < -0.4 is 4.57 Å². The normalized spacial score (nSPS) is 42.4. The van der Waals surface area contributed by atoms with Crippen LogP contribution in [0.1, 0.15) is 56.8 Å². The molecular formula is C29H35FNO6+. The van der Waals surface area contributed by atoms with Gasteiger partial charge in [0, 0.05) is 22.8 Å². The summed E-state index contributed by atoms with van der Waals surface area (Å²) in [6.45, 7) is 4.65. The molecule has 1 aromatic heterocycles. The number of hydrogen-bond donors (Lipinski definition) is 2. The molecule has 8 atom stereocenters. The molecule has 198 valence electrons. The lowest BCUT2D eigenvalue weighted by Crippen LogP contribution is -2.69. The fourth-order valence-corrected chi connectivity index (χ4v) is 8.17. The number of aryl methyl sites for hydroxylation is 1. The highest BCUT2D eigenvalue weighted by molar-refractivity contribution is 6.01. The lowest BCUT2D eigenvalue weighted by atomic mass is 9.44. The summed E-state index contributed by atoms with van der Waals surface area (Å²) in [7, 11) is 1.76. The highest BCUT2D eigenvalue weighted by atomic mass is 19.1. The second kappa shape index (κ2) is 8.40. The minimum atomic E-state index is -2.04. The SMILES string of the molecule is C[C@@H]1CC2C3CCC4=CC(=O)C=C[C@]4(C)C3(F)[C@@H](O)C[C@]2(C)[C@@]1(O)C(=O)COC(=O)c1ccc[n+](C)c1. The monoisotopic (exact) mass is 512 g/mol. The number of ether oxygens (including phenoxy) is 1. The van der Waals surface area contributed by atoms with Crippen molar-refractivity contribution in [2.24, 2.45) is 35.6 Å². The molecule has 7 nitrogen and oxygen atoms in total. The van der Waals surface area contributed by atoms with E-state index in [0.717, 1.165) is 0 Å². The van der Waals surface area contributed by atoms with Gasteiger partial charge in [-0.2, -0.15) is 0 Å². The number of carbonyl (C=O) groups is 3. The summed E-state index contributed by atoms with van der Waals surface area (Å²) in [5, 5.41) is 23.4. The third-order valence-electron chi connectivity index (χ3n) is 10.2. The molecular weight excluding hydrogens is 477 g/mol. The third-order valence-corrected chi connectivity index (χ3v) is 10.2. The van der Waals surface area contributed by atoms with Crippen LogP contribution in [-0.2, 0) is 21.4 Å². The molecule has 0 amide bonds. The Morgan fingerprint density at radius 2 is 2.00 bits per heavy atom. The Morgan fingerprint density at radius 1 is 1.27 bits per heavy atom. The van der Waals surface area contributed by atoms with Crippen molar-refractivity contribution in [2.45, 2.75) is 63.8 Å². The molecule has 5 rings (SSSR count). The van der Waals surface area contributed by atoms with Crippen molar-refractivity contribution in [3.05, 3.63) is 53.9 Å². The largest absolute Gasteiger partial charge is 0.454 e. The average Bonchev–Trinajstić information content (AvgIpc) is 3.05. The molecule has 0 spiro atoms. The van der Waals surface area contributed by atoms with Gasteiger partial charge < -0.3 is 14.9 Å². The van der Waals surface area contributed by atoms with E-state index in [-0.39, 0.29) is 23.7 Å². The molecule has 1 aromatic rings. The van der Waals surface area contributed by atoms with E-state index in [9.17, 15) is 24.6 Å². The van der Waals surface area contributed by atoms with Crippen LogP contribution in [0.3, 0.4) is 0 Å². The van der Waals surface area contributed by atoms with Gasteiger partial charge in [-0.25, -0.2) is 13.8 Å². The molecule has 2 N–H and O–H groups in total. The van der Waals surface area contributed by atoms with Crippen molar-refractivity contribution < 1.29 is 38.3 Å². The predicted molar refractivity (Wildman–Crippen MR) is 131 cm³/mol. The first-order valence-electron chi connectivity index (χ1n) is 13.0. The minimum absolute atomic E-state index is 0.121. The van der Waals surface area contributed by atoms with Crippen molar-refractivity contribution in [1.29, 1.82) is 0 Å². The number of fused-ring (bicyclic) bond motifs is 5. The van der Waals surface area contributed by atoms with Crippen LogP contribution in [0.4, 0.5) is 4.39 Å². The number of Topliss-reactive ketones (excluding diaryl/α,β-unsaturated/α-hetero) is 1. The summed E-state index contributed by atoms with van der Waals surface area (Å²) < 4.78 is 24.2. The smallest absolute Gasteiger partial charge is 0.344 e. The Kier molecular flexibility index (Phi) is 5.88. The molecule has 0 bridgehead atoms. The number of nitrogens with zero attached hydrogens (tertiary/aromatic N) is 1. The van der Waals surface area contributed by atoms with E-state index in [1.807, 2.05) is 0 Å². The molecule has 0 aliphatic heterocycles. The molecule has 0 radical (unpaired) electrons. The second-order valence-corrected chi connectivity index (χ2v) is 11.9. The summed E-state index contributed by atoms with van der Waals surface area (Å²) in [5.74, 6) is -3.01. The molecule has 4 aliphatic carbocycles. The highest BCUT2D eigenvalue weighted by Gasteiger charge is 2.75. The quantitative estimate of drug-likeness (QED) is 0.475. The molecule has 3 fully saturated rings. The van der Waals surface area contributed by atoms with E-state index >= 15 is 4.39 Å². The molecule has 3 saturated carbocycles. The maximum atomic E-state index is 17.2. The number of aliphatic hydroxyl groups excluding tert-OH is 1. The first kappa shape index (κ1) is 25.9. The zero-order valence-electron chi connectivity index (χ0n) is 21.7. The Labute approximate surface area is 216 Å². The van der Waals surface area contributed by atoms with Crippen LogP contribution in [0.25, 0.3) is 0 Å². The van der Waals surface area contributed by atoms with Gasteiger partial charge in [-0.05, 0) is 62.7 Å². The fraction of sp³-hybridized carbons (Fsp3) is 0.586. The van der Waals surface area contributed by atoms with Crippen molar-refractivity contribution in [2.75, 3.05) is 6.61 Å². The standard InChI is InChI=1S/C29H35FNO6/c1-17-12-22-21-8-7-19-13-20(32)9-10-26(19,2)28(21,30)23(33)14-27(22,3)29(17,36)24(34)16-37-25(35)18-6-5-11-31(4)15-18/h5-6,9-11,13,15,17,21-23,33,36H,7-8,12,14,16H2,1-4H3/q+1/t17-,21?,22?,23+,26+,27+,28?,29+/m1/s1. The summed E-state index contributed by atoms with van der Waals surface area (Å²) >= 11 is 0. The Bertz CT molecular complexity index is 1240. The maximum absolute atomic E-state index is 17.2. The summed E-state index contributed by atoms with van der Waals surface area (Å²) in [5.41, 5.74) is -5.22. The number of aliphatic hydroxyl groups is 2. The van der Waals surface area contributed by atoms with E-state index in [4.69, 9.17) is 4.74 Å². The van der Waals surface area contributed by atoms with E-state index in [1.54, 1.807) is 63.0 Å². The van der Waals surface area contributed by atoms with E-state index in [1.165, 1.54) is 12.2 Å². The Hall–Kier alpha value is -2.71. The number of alkyl halides is 1. The third kappa shape index (κ3) is 3.37. The van der Waals surface area contributed by atoms with Crippen molar-refractivity contribution >= 4 is 17.5 Å². The van der Waals surface area contributed by atoms with Crippen LogP contribution in [-0.4, -0.2) is 51.7 Å². The number of halogens is 1. The second-order valence-electron chi connectivity index (χ2n) is 11.9. The van der Waals surface area contributed by atoms with Crippen LogP contribution in [0.5, 0.6) is 0 Å². The van der Waals surface area contributed by atoms with E-state index in [2.05, 4.69) is 0 Å². The fourth-order valence-electron chi connectivity index (χ4n) is 8.17. The van der Waals surface area contributed by atoms with Gasteiger partial charge in [-0.15, -0.1) is 0 Å². The predicted octanol–water partition coefficient (Wildman–Crippen LogP) is 2.58. The van der Waals surface area contributed by atoms with Gasteiger partial charge in [0.05, 0.1) is 6.10 Å². The van der Waals surface area contributed by atoms with Crippen LogP contribution >= 0.6 is 0 Å². The number of rotatable bonds is 4. The molecule has 0 saturated heterocycles. The number of pyridine rings is 1. The molecule has 4 aliphatic rings. The number of esters is 1. The van der Waals surface area contributed by atoms with E-state index in [0.29, 0.717) is 24.8 Å². The Balaban J connectivity index is 1.43. The number of allylic oxidation sites excluding steroid dienone is 4. The number of aromatic nitrogens is 1. The van der Waals surface area contributed by atoms with Gasteiger partial charge in [0.1, 0.15) is 18.2 Å². The zero-order chi connectivity index (χ0) is 27.0. The summed E-state index contributed by atoms with van der Waals surface area (Å²) in [4.78, 5) is 38.1. The first-order valence-corrected chi connectivity index (χ1v) is 13.0. The van der Waals surface area contributed by atoms with Crippen molar-refractivity contribution in [3.63, 3.8) is 0 Å². The van der Waals surface area contributed by atoms with Crippen LogP contribution in [0, 0.1) is 28.6 Å². The minimum Gasteiger partial charge on any atom is -0.454 e. The Morgan fingerprint density at radius 3 is 2.70 bits per heavy atom. The van der Waals surface area contributed by atoms with Gasteiger partial charge in [-0.1, -0.05) is 25.5 Å². The number of ketones is 2. The van der Waals surface area contributed by atoms with Gasteiger partial charge in [0.25, 0.3) is 0 Å². The lowest BCUT2D eigenvalue weighted by molar-refractivity contribution is -0.671. The lowest BCUT2D eigenvalue weighted by Gasteiger charge is -2.62.